The molecule has 0 bridgehead atoms. The number of hydrogen-bond donors (Lipinski definition) is 2. The smallest absolute Gasteiger partial charge is 0.341 e. The third-order valence-corrected chi connectivity index (χ3v) is 5.71. The highest BCUT2D eigenvalue weighted by Crippen LogP contribution is 2.39. The van der Waals surface area contributed by atoms with Gasteiger partial charge in [0.2, 0.25) is 0 Å². The molecule has 0 aromatic heterocycles. The van der Waals surface area contributed by atoms with E-state index in [2.05, 4.69) is 26.2 Å². The Morgan fingerprint density at radius 3 is 2.79 bits per heavy atom. The first-order chi connectivity index (χ1) is 15.7. The van der Waals surface area contributed by atoms with Gasteiger partial charge in [0, 0.05) is 11.1 Å². The first-order valence-electron chi connectivity index (χ1n) is 9.22. The van der Waals surface area contributed by atoms with Crippen molar-refractivity contribution in [3.8, 4) is 11.5 Å². The van der Waals surface area contributed by atoms with Gasteiger partial charge in [-0.1, -0.05) is 11.6 Å². The minimum atomic E-state index is -1.14. The van der Waals surface area contributed by atoms with Crippen LogP contribution in [0.4, 0.5) is 11.4 Å². The van der Waals surface area contributed by atoms with Crippen molar-refractivity contribution in [2.24, 2.45) is 4.99 Å². The number of aliphatic imine (C=N–C) groups is 1. The molecule has 0 unspecified atom stereocenters. The number of aliphatic carboxylic acids is 1. The van der Waals surface area contributed by atoms with E-state index >= 15 is 0 Å². The molecule has 0 radical (unpaired) electrons. The molecule has 0 atom stereocenters. The molecule has 13 heteroatoms. The van der Waals surface area contributed by atoms with Gasteiger partial charge in [-0.15, -0.1) is 0 Å². The van der Waals surface area contributed by atoms with E-state index in [1.807, 2.05) is 0 Å². The van der Waals surface area contributed by atoms with Crippen molar-refractivity contribution in [2.45, 2.75) is 6.92 Å². The number of ether oxygens (including phenoxy) is 2. The fourth-order valence-corrected chi connectivity index (χ4v) is 4.26. The minimum Gasteiger partial charge on any atom is -0.490 e. The highest BCUT2D eigenvalue weighted by molar-refractivity contribution is 9.10. The highest BCUT2D eigenvalue weighted by atomic mass is 79.9. The number of nitrogens with zero attached hydrogens (tertiary/aromatic N) is 2. The van der Waals surface area contributed by atoms with Gasteiger partial charge in [0.1, 0.15) is 5.69 Å². The molecule has 1 fully saturated rings. The summed E-state index contributed by atoms with van der Waals surface area (Å²) in [6, 6.07) is 7.28. The number of thioether (sulfide) groups is 1. The molecule has 172 valence electrons. The topological polar surface area (TPSA) is 140 Å². The number of carbonyl (C=O) groups excluding carboxylic acids is 1. The SMILES string of the molecule is CCOc1cc(/C=C2/SC(=Nc3ccc(Cl)cc3[N+](=O)[O-])NC2=O)cc(Br)c1OCC(=O)O. The number of carboxylic acids is 1. The maximum Gasteiger partial charge on any atom is 0.341 e. The van der Waals surface area contributed by atoms with Crippen LogP contribution in [0, 0.1) is 10.1 Å². The van der Waals surface area contributed by atoms with Crippen LogP contribution in [0.15, 0.2) is 44.7 Å². The van der Waals surface area contributed by atoms with Crippen LogP contribution >= 0.6 is 39.3 Å². The van der Waals surface area contributed by atoms with E-state index in [4.69, 9.17) is 26.2 Å². The van der Waals surface area contributed by atoms with E-state index in [-0.39, 0.29) is 27.3 Å². The summed E-state index contributed by atoms with van der Waals surface area (Å²) in [5.74, 6) is -1.05. The van der Waals surface area contributed by atoms with Crippen LogP contribution in [-0.2, 0) is 9.59 Å². The molecule has 2 aromatic rings. The Kier molecular flexibility index (Phi) is 7.95. The molecule has 1 aliphatic heterocycles. The Balaban J connectivity index is 1.90. The van der Waals surface area contributed by atoms with Crippen LogP contribution in [0.25, 0.3) is 6.08 Å². The van der Waals surface area contributed by atoms with Crippen molar-refractivity contribution in [2.75, 3.05) is 13.2 Å². The lowest BCUT2D eigenvalue weighted by Gasteiger charge is -2.13. The van der Waals surface area contributed by atoms with Crippen molar-refractivity contribution in [3.63, 3.8) is 0 Å². The molecule has 1 heterocycles. The average Bonchev–Trinajstić information content (AvgIpc) is 3.07. The highest BCUT2D eigenvalue weighted by Gasteiger charge is 2.26. The summed E-state index contributed by atoms with van der Waals surface area (Å²) in [4.78, 5) is 38.4. The minimum absolute atomic E-state index is 0.0507. The summed E-state index contributed by atoms with van der Waals surface area (Å²) in [5, 5.41) is 23.1. The number of benzene rings is 2. The number of halogens is 2. The zero-order chi connectivity index (χ0) is 24.1. The molecule has 1 amide bonds. The van der Waals surface area contributed by atoms with Crippen molar-refractivity contribution in [3.05, 3.63) is 60.4 Å². The van der Waals surface area contributed by atoms with Crippen molar-refractivity contribution < 1.29 is 29.1 Å². The summed E-state index contributed by atoms with van der Waals surface area (Å²) < 4.78 is 11.3. The number of carbonyl (C=O) groups is 2. The van der Waals surface area contributed by atoms with Gasteiger partial charge in [0.25, 0.3) is 11.6 Å². The van der Waals surface area contributed by atoms with Crippen LogP contribution in [0.2, 0.25) is 5.02 Å². The van der Waals surface area contributed by atoms with Gasteiger partial charge >= 0.3 is 5.97 Å². The molecule has 1 aliphatic rings. The molecular weight excluding hydrogens is 542 g/mol. The van der Waals surface area contributed by atoms with Gasteiger partial charge in [-0.05, 0) is 70.5 Å². The number of nitro benzene ring substituents is 1. The van der Waals surface area contributed by atoms with E-state index in [0.717, 1.165) is 11.8 Å². The first kappa shape index (κ1) is 24.6. The second-order valence-electron chi connectivity index (χ2n) is 6.32. The van der Waals surface area contributed by atoms with Gasteiger partial charge in [-0.3, -0.25) is 14.9 Å². The normalized spacial score (nSPS) is 15.5. The lowest BCUT2D eigenvalue weighted by atomic mass is 10.2. The summed E-state index contributed by atoms with van der Waals surface area (Å²) in [7, 11) is 0. The van der Waals surface area contributed by atoms with Gasteiger partial charge in [-0.2, -0.15) is 0 Å². The number of hydrogen-bond acceptors (Lipinski definition) is 8. The molecule has 10 nitrogen and oxygen atoms in total. The van der Waals surface area contributed by atoms with Gasteiger partial charge < -0.3 is 19.9 Å². The zero-order valence-corrected chi connectivity index (χ0v) is 20.0. The molecule has 2 aromatic carbocycles. The van der Waals surface area contributed by atoms with E-state index < -0.39 is 23.4 Å². The summed E-state index contributed by atoms with van der Waals surface area (Å²) in [5.41, 5.74) is 0.337. The molecule has 1 saturated heterocycles. The molecule has 0 saturated carbocycles. The zero-order valence-electron chi connectivity index (χ0n) is 16.8. The monoisotopic (exact) mass is 555 g/mol. The third-order valence-electron chi connectivity index (χ3n) is 3.98. The van der Waals surface area contributed by atoms with E-state index in [1.165, 1.54) is 18.2 Å². The van der Waals surface area contributed by atoms with Gasteiger partial charge in [0.15, 0.2) is 23.3 Å². The Hall–Kier alpha value is -3.09. The Bertz CT molecular complexity index is 1200. The second-order valence-corrected chi connectivity index (χ2v) is 8.64. The number of rotatable bonds is 8. The Morgan fingerprint density at radius 2 is 2.12 bits per heavy atom. The van der Waals surface area contributed by atoms with Crippen molar-refractivity contribution in [1.82, 2.24) is 5.32 Å². The lowest BCUT2D eigenvalue weighted by molar-refractivity contribution is -0.384. The predicted octanol–water partition coefficient (Wildman–Crippen LogP) is 4.76. The first-order valence-corrected chi connectivity index (χ1v) is 11.2. The van der Waals surface area contributed by atoms with E-state index in [1.54, 1.807) is 25.1 Å². The lowest BCUT2D eigenvalue weighted by Crippen LogP contribution is -2.19. The van der Waals surface area contributed by atoms with Gasteiger partial charge in [-0.25, -0.2) is 9.79 Å². The number of nitrogens with one attached hydrogen (secondary N) is 1. The van der Waals surface area contributed by atoms with Crippen molar-refractivity contribution >= 4 is 73.8 Å². The maximum atomic E-state index is 12.4. The van der Waals surface area contributed by atoms with Crippen LogP contribution in [0.1, 0.15) is 12.5 Å². The van der Waals surface area contributed by atoms with Crippen LogP contribution in [0.3, 0.4) is 0 Å². The summed E-state index contributed by atoms with van der Waals surface area (Å²) in [6.07, 6.45) is 1.58. The van der Waals surface area contributed by atoms with Crippen LogP contribution in [-0.4, -0.2) is 40.3 Å². The predicted molar refractivity (Wildman–Crippen MR) is 127 cm³/mol. The summed E-state index contributed by atoms with van der Waals surface area (Å²) in [6.45, 7) is 1.52. The van der Waals surface area contributed by atoms with Crippen LogP contribution < -0.4 is 14.8 Å². The molecule has 2 N–H and O–H groups in total. The second kappa shape index (κ2) is 10.7. The average molecular weight is 557 g/mol. The number of amidine groups is 1. The fourth-order valence-electron chi connectivity index (χ4n) is 2.69. The number of carboxylic acid groups (broad SMARTS) is 1. The molecule has 33 heavy (non-hydrogen) atoms. The van der Waals surface area contributed by atoms with E-state index in [0.29, 0.717) is 27.3 Å². The van der Waals surface area contributed by atoms with Crippen molar-refractivity contribution in [1.29, 1.82) is 0 Å². The van der Waals surface area contributed by atoms with Gasteiger partial charge in [0.05, 0.1) is 20.9 Å². The number of nitro groups is 1. The Labute approximate surface area is 204 Å². The maximum absolute atomic E-state index is 12.4. The standard InChI is InChI=1S/C20H15BrClN3O7S/c1-2-31-15-6-10(5-12(21)18(15)32-9-17(26)27)7-16-19(28)24-20(33-16)23-13-4-3-11(22)8-14(13)25(29)30/h3-8H,2,9H2,1H3,(H,26,27)(H,23,24,28)/b16-7+. The van der Waals surface area contributed by atoms with Crippen LogP contribution in [0.5, 0.6) is 11.5 Å². The largest absolute Gasteiger partial charge is 0.490 e. The Morgan fingerprint density at radius 1 is 1.36 bits per heavy atom. The molecule has 0 spiro atoms. The number of amides is 1. The molecular formula is C20H15BrClN3O7S. The fraction of sp³-hybridized carbons (Fsp3) is 0.150. The quantitative estimate of drug-likeness (QED) is 0.269. The molecule has 3 rings (SSSR count). The molecule has 0 aliphatic carbocycles. The summed E-state index contributed by atoms with van der Waals surface area (Å²) >= 11 is 10.2. The third kappa shape index (κ3) is 6.24. The van der Waals surface area contributed by atoms with E-state index in [9.17, 15) is 19.7 Å².